The molecule has 2 aliphatic heterocycles. The first-order valence-corrected chi connectivity index (χ1v) is 15.9. The van der Waals surface area contributed by atoms with E-state index in [1.165, 1.54) is 10.5 Å². The summed E-state index contributed by atoms with van der Waals surface area (Å²) in [6.45, 7) is 3.49. The number of fused-ring (bicyclic) bond motifs is 2. The van der Waals surface area contributed by atoms with Crippen LogP contribution in [-0.4, -0.2) is 71.3 Å². The summed E-state index contributed by atoms with van der Waals surface area (Å²) in [5, 5.41) is 13.5. The lowest BCUT2D eigenvalue weighted by Crippen LogP contribution is -2.63. The molecule has 0 radical (unpaired) electrons. The number of carboxylic acid groups (broad SMARTS) is 1. The second-order valence-electron chi connectivity index (χ2n) is 12.4. The Morgan fingerprint density at radius 2 is 1.61 bits per heavy atom. The Morgan fingerprint density at radius 1 is 0.935 bits per heavy atom. The van der Waals surface area contributed by atoms with Gasteiger partial charge in [-0.15, -0.1) is 0 Å². The highest BCUT2D eigenvalue weighted by Crippen LogP contribution is 2.39. The molecule has 0 spiro atoms. The summed E-state index contributed by atoms with van der Waals surface area (Å²) in [6, 6.07) is 16.9. The molecule has 0 aromatic heterocycles. The van der Waals surface area contributed by atoms with E-state index in [9.17, 15) is 27.9 Å². The molecule has 6 rings (SSSR count). The number of amides is 2. The number of aryl methyl sites for hydroxylation is 2. The molecule has 10 heteroatoms. The van der Waals surface area contributed by atoms with Gasteiger partial charge in [-0.25, -0.2) is 13.6 Å². The third-order valence-corrected chi connectivity index (χ3v) is 9.17. The molecule has 2 bridgehead atoms. The van der Waals surface area contributed by atoms with Gasteiger partial charge in [0, 0.05) is 31.2 Å². The van der Waals surface area contributed by atoms with Crippen LogP contribution in [0.1, 0.15) is 47.9 Å². The van der Waals surface area contributed by atoms with Crippen molar-refractivity contribution < 1.29 is 32.6 Å². The molecule has 2 atom stereocenters. The third kappa shape index (κ3) is 6.77. The summed E-state index contributed by atoms with van der Waals surface area (Å²) >= 11 is 0. The van der Waals surface area contributed by atoms with Crippen LogP contribution in [0.15, 0.2) is 66.2 Å². The predicted molar refractivity (Wildman–Crippen MR) is 168 cm³/mol. The molecular weight excluding hydrogens is 595 g/mol. The molecular formula is C36H38F3N3O4. The van der Waals surface area contributed by atoms with E-state index in [1.807, 2.05) is 36.1 Å². The van der Waals surface area contributed by atoms with Crippen LogP contribution in [0.5, 0.6) is 5.75 Å². The van der Waals surface area contributed by atoms with E-state index < -0.39 is 35.3 Å². The van der Waals surface area contributed by atoms with Crippen molar-refractivity contribution in [2.75, 3.05) is 26.2 Å². The maximum absolute atomic E-state index is 14.5. The number of rotatable bonds is 11. The average molecular weight is 634 g/mol. The van der Waals surface area contributed by atoms with Gasteiger partial charge in [0.15, 0.2) is 17.4 Å². The van der Waals surface area contributed by atoms with Crippen LogP contribution in [0.3, 0.4) is 0 Å². The van der Waals surface area contributed by atoms with E-state index in [0.29, 0.717) is 44.5 Å². The molecule has 0 unspecified atom stereocenters. The highest BCUT2D eigenvalue weighted by Gasteiger charge is 2.46. The normalized spacial score (nSPS) is 19.3. The molecule has 2 heterocycles. The van der Waals surface area contributed by atoms with E-state index in [-0.39, 0.29) is 24.6 Å². The van der Waals surface area contributed by atoms with E-state index in [2.05, 4.69) is 29.6 Å². The molecule has 1 aliphatic carbocycles. The molecule has 242 valence electrons. The van der Waals surface area contributed by atoms with Crippen molar-refractivity contribution in [2.24, 2.45) is 0 Å². The van der Waals surface area contributed by atoms with Gasteiger partial charge in [-0.2, -0.15) is 4.39 Å². The largest absolute Gasteiger partial charge is 0.488 e. The Morgan fingerprint density at radius 3 is 2.30 bits per heavy atom. The topological polar surface area (TPSA) is 82.1 Å². The van der Waals surface area contributed by atoms with Crippen LogP contribution in [0, 0.1) is 24.4 Å². The lowest BCUT2D eigenvalue weighted by molar-refractivity contribution is -0.128. The predicted octanol–water partition coefficient (Wildman–Crippen LogP) is 6.14. The lowest BCUT2D eigenvalue weighted by Gasteiger charge is -2.47. The molecule has 3 aromatic rings. The minimum absolute atomic E-state index is 0.00379. The van der Waals surface area contributed by atoms with Gasteiger partial charge in [0.05, 0.1) is 18.7 Å². The summed E-state index contributed by atoms with van der Waals surface area (Å²) in [6.07, 6.45) is 3.00. The van der Waals surface area contributed by atoms with Gasteiger partial charge in [-0.05, 0) is 79.8 Å². The number of carbonyl (C=O) groups excluding carboxylic acids is 1. The van der Waals surface area contributed by atoms with Gasteiger partial charge in [0.25, 0.3) is 5.91 Å². The molecule has 3 aliphatic rings. The summed E-state index contributed by atoms with van der Waals surface area (Å²) in [5.74, 6) is -4.27. The van der Waals surface area contributed by atoms with Gasteiger partial charge in [0.1, 0.15) is 0 Å². The summed E-state index contributed by atoms with van der Waals surface area (Å²) in [5.41, 5.74) is 5.60. The zero-order chi connectivity index (χ0) is 32.4. The molecule has 2 amide bonds. The Balaban J connectivity index is 1.22. The first-order chi connectivity index (χ1) is 22.2. The van der Waals surface area contributed by atoms with E-state index in [4.69, 9.17) is 4.74 Å². The van der Waals surface area contributed by atoms with Crippen molar-refractivity contribution in [3.63, 3.8) is 0 Å². The van der Waals surface area contributed by atoms with Crippen molar-refractivity contribution in [1.82, 2.24) is 15.1 Å². The maximum atomic E-state index is 14.5. The first kappa shape index (κ1) is 31.7. The third-order valence-electron chi connectivity index (χ3n) is 9.17. The van der Waals surface area contributed by atoms with Crippen LogP contribution in [-0.2, 0) is 17.6 Å². The summed E-state index contributed by atoms with van der Waals surface area (Å²) in [7, 11) is 0. The first-order valence-electron chi connectivity index (χ1n) is 15.9. The second-order valence-corrected chi connectivity index (χ2v) is 12.4. The van der Waals surface area contributed by atoms with Crippen molar-refractivity contribution in [1.29, 1.82) is 0 Å². The zero-order valence-corrected chi connectivity index (χ0v) is 25.8. The van der Waals surface area contributed by atoms with Crippen LogP contribution in [0.25, 0.3) is 5.57 Å². The number of benzene rings is 3. The number of hydrogen-bond donors (Lipinski definition) is 2. The monoisotopic (exact) mass is 633 g/mol. The molecule has 1 saturated carbocycles. The SMILES string of the molecule is Cc1ccc(CCN(C(=O)C2=C(c3ccc(CCCOc4c(F)ccc(F)c4F)cc3)C[C@@H]3CNC[C@H]2N3C(=O)O)C2CC2)cc1. The smallest absolute Gasteiger partial charge is 0.408 e. The molecule has 2 N–H and O–H groups in total. The summed E-state index contributed by atoms with van der Waals surface area (Å²) in [4.78, 5) is 30.3. The quantitative estimate of drug-likeness (QED) is 0.196. The van der Waals surface area contributed by atoms with Crippen molar-refractivity contribution >= 4 is 17.6 Å². The number of nitrogens with zero attached hydrogens (tertiary/aromatic N) is 2. The fraction of sp³-hybridized carbons (Fsp3) is 0.389. The number of nitrogens with one attached hydrogen (secondary N) is 1. The van der Waals surface area contributed by atoms with E-state index in [0.717, 1.165) is 53.7 Å². The highest BCUT2D eigenvalue weighted by molar-refractivity contribution is 6.04. The molecule has 2 fully saturated rings. The standard InChI is InChI=1S/C36H38F3N3O4/c1-22-4-6-24(7-5-22)16-17-41(26-12-13-26)35(43)32-28(19-27-20-40-21-31(32)42(27)36(44)45)25-10-8-23(9-11-25)3-2-18-46-34-30(38)15-14-29(37)33(34)39/h4-11,14-15,26-27,31,40H,2-3,12-13,16-21H2,1H3,(H,44,45)/t27-,31-/m1/s1. The van der Waals surface area contributed by atoms with Crippen LogP contribution in [0.4, 0.5) is 18.0 Å². The average Bonchev–Trinajstić information content (AvgIpc) is 3.88. The van der Waals surface area contributed by atoms with Crippen molar-refractivity contribution in [3.05, 3.63) is 106 Å². The Bertz CT molecular complexity index is 1620. The van der Waals surface area contributed by atoms with E-state index in [1.54, 1.807) is 0 Å². The molecule has 7 nitrogen and oxygen atoms in total. The van der Waals surface area contributed by atoms with Crippen LogP contribution < -0.4 is 10.1 Å². The molecule has 46 heavy (non-hydrogen) atoms. The number of carbonyl (C=O) groups is 2. The molecule has 3 aromatic carbocycles. The molecule has 1 saturated heterocycles. The van der Waals surface area contributed by atoms with Gasteiger partial charge >= 0.3 is 6.09 Å². The van der Waals surface area contributed by atoms with Crippen LogP contribution >= 0.6 is 0 Å². The van der Waals surface area contributed by atoms with Gasteiger partial charge in [0.2, 0.25) is 5.82 Å². The number of hydrogen-bond acceptors (Lipinski definition) is 4. The Hall–Kier alpha value is -4.31. The minimum atomic E-state index is -1.34. The fourth-order valence-electron chi connectivity index (χ4n) is 6.59. The minimum Gasteiger partial charge on any atom is -0.488 e. The number of halogens is 3. The highest BCUT2D eigenvalue weighted by atomic mass is 19.2. The van der Waals surface area contributed by atoms with Gasteiger partial charge in [-0.1, -0.05) is 54.1 Å². The van der Waals surface area contributed by atoms with E-state index >= 15 is 0 Å². The number of piperazine rings is 1. The lowest BCUT2D eigenvalue weighted by atomic mass is 9.81. The fourth-order valence-corrected chi connectivity index (χ4v) is 6.59. The zero-order valence-electron chi connectivity index (χ0n) is 25.8. The Labute approximate surface area is 266 Å². The van der Waals surface area contributed by atoms with Crippen molar-refractivity contribution in [3.8, 4) is 5.75 Å². The number of ether oxygens (including phenoxy) is 1. The Kier molecular flexibility index (Phi) is 9.35. The summed E-state index contributed by atoms with van der Waals surface area (Å²) < 4.78 is 46.4. The van der Waals surface area contributed by atoms with Crippen LogP contribution in [0.2, 0.25) is 0 Å². The maximum Gasteiger partial charge on any atom is 0.408 e. The van der Waals surface area contributed by atoms with Gasteiger partial charge < -0.3 is 20.1 Å². The van der Waals surface area contributed by atoms with Crippen molar-refractivity contribution in [2.45, 2.75) is 63.6 Å². The second kappa shape index (κ2) is 13.6. The van der Waals surface area contributed by atoms with Gasteiger partial charge in [-0.3, -0.25) is 9.69 Å².